The molecule has 0 aliphatic carbocycles. The molecule has 2 rings (SSSR count). The lowest BCUT2D eigenvalue weighted by Gasteiger charge is -2.32. The van der Waals surface area contributed by atoms with E-state index in [0.29, 0.717) is 19.5 Å². The van der Waals surface area contributed by atoms with Gasteiger partial charge in [-0.2, -0.15) is 13.2 Å². The molecule has 1 saturated heterocycles. The molecule has 1 aromatic rings. The van der Waals surface area contributed by atoms with Crippen LogP contribution in [-0.4, -0.2) is 24.2 Å². The molecule has 0 spiro atoms. The fraction of sp³-hybridized carbons (Fsp3) is 0.467. The summed E-state index contributed by atoms with van der Waals surface area (Å²) in [7, 11) is 0. The highest BCUT2D eigenvalue weighted by atomic mass is 19.4. The van der Waals surface area contributed by atoms with Crippen molar-refractivity contribution in [2.75, 3.05) is 13.1 Å². The molecule has 0 radical (unpaired) electrons. The van der Waals surface area contributed by atoms with Gasteiger partial charge in [-0.25, -0.2) is 0 Å². The Balaban J connectivity index is 2.13. The van der Waals surface area contributed by atoms with E-state index < -0.39 is 11.9 Å². The predicted octanol–water partition coefficient (Wildman–Crippen LogP) is 4.16. The number of allylic oxidation sites excluding steroid dienone is 2. The number of halogens is 3. The molecule has 0 atom stereocenters. The summed E-state index contributed by atoms with van der Waals surface area (Å²) in [5, 5.41) is 0. The molecule has 104 valence electrons. The molecule has 1 aromatic carbocycles. The SMILES string of the molecule is FC(F)(F)/C(=C/Cc1ccccc1)N1CCCCC1. The molecular weight excluding hydrogens is 251 g/mol. The Morgan fingerprint density at radius 3 is 2.26 bits per heavy atom. The van der Waals surface area contributed by atoms with Crippen molar-refractivity contribution in [2.45, 2.75) is 31.9 Å². The number of rotatable bonds is 3. The van der Waals surface area contributed by atoms with Crippen molar-refractivity contribution in [1.29, 1.82) is 0 Å². The first-order valence-electron chi connectivity index (χ1n) is 6.63. The number of benzene rings is 1. The molecule has 4 heteroatoms. The summed E-state index contributed by atoms with van der Waals surface area (Å²) in [6, 6.07) is 9.25. The van der Waals surface area contributed by atoms with Gasteiger partial charge in [0.15, 0.2) is 0 Å². The lowest BCUT2D eigenvalue weighted by Crippen LogP contribution is -2.35. The Hall–Kier alpha value is -1.45. The second-order valence-electron chi connectivity index (χ2n) is 4.82. The Labute approximate surface area is 111 Å². The monoisotopic (exact) mass is 269 g/mol. The molecule has 1 aliphatic heterocycles. The molecule has 1 fully saturated rings. The molecule has 0 N–H and O–H groups in total. The zero-order valence-electron chi connectivity index (χ0n) is 10.8. The van der Waals surface area contributed by atoms with Crippen LogP contribution in [-0.2, 0) is 6.42 Å². The molecule has 0 saturated carbocycles. The van der Waals surface area contributed by atoms with E-state index in [0.717, 1.165) is 24.8 Å². The highest BCUT2D eigenvalue weighted by Crippen LogP contribution is 2.30. The number of likely N-dealkylation sites (tertiary alicyclic amines) is 1. The first-order chi connectivity index (χ1) is 9.07. The maximum atomic E-state index is 13.1. The topological polar surface area (TPSA) is 3.24 Å². The number of alkyl halides is 3. The summed E-state index contributed by atoms with van der Waals surface area (Å²) in [5.74, 6) is 0. The minimum Gasteiger partial charge on any atom is -0.368 e. The van der Waals surface area contributed by atoms with Gasteiger partial charge >= 0.3 is 6.18 Å². The van der Waals surface area contributed by atoms with E-state index in [-0.39, 0.29) is 0 Å². The third kappa shape index (κ3) is 4.01. The summed E-state index contributed by atoms with van der Waals surface area (Å²) in [5.41, 5.74) is 0.428. The van der Waals surface area contributed by atoms with Crippen LogP contribution in [0.5, 0.6) is 0 Å². The second kappa shape index (κ2) is 6.13. The van der Waals surface area contributed by atoms with E-state index in [1.54, 1.807) is 0 Å². The zero-order valence-corrected chi connectivity index (χ0v) is 10.8. The van der Waals surface area contributed by atoms with Crippen molar-refractivity contribution in [3.63, 3.8) is 0 Å². The predicted molar refractivity (Wildman–Crippen MR) is 69.7 cm³/mol. The number of hydrogen-bond acceptors (Lipinski definition) is 1. The highest BCUT2D eigenvalue weighted by Gasteiger charge is 2.37. The van der Waals surface area contributed by atoms with Crippen LogP contribution in [0.4, 0.5) is 13.2 Å². The fourth-order valence-electron chi connectivity index (χ4n) is 2.39. The van der Waals surface area contributed by atoms with Gasteiger partial charge in [0.1, 0.15) is 5.70 Å². The van der Waals surface area contributed by atoms with E-state index in [2.05, 4.69) is 0 Å². The van der Waals surface area contributed by atoms with Gasteiger partial charge in [-0.05, 0) is 31.2 Å². The highest BCUT2D eigenvalue weighted by molar-refractivity contribution is 5.20. The van der Waals surface area contributed by atoms with E-state index in [4.69, 9.17) is 0 Å². The van der Waals surface area contributed by atoms with Crippen LogP contribution in [0, 0.1) is 0 Å². The summed E-state index contributed by atoms with van der Waals surface area (Å²) in [6.45, 7) is 1.03. The van der Waals surface area contributed by atoms with E-state index >= 15 is 0 Å². The molecule has 0 amide bonds. The first-order valence-corrected chi connectivity index (χ1v) is 6.63. The lowest BCUT2D eigenvalue weighted by molar-refractivity contribution is -0.113. The van der Waals surface area contributed by atoms with Gasteiger partial charge < -0.3 is 4.90 Å². The Morgan fingerprint density at radius 1 is 1.05 bits per heavy atom. The molecule has 1 heterocycles. The van der Waals surface area contributed by atoms with E-state index in [9.17, 15) is 13.2 Å². The molecule has 19 heavy (non-hydrogen) atoms. The fourth-order valence-corrected chi connectivity index (χ4v) is 2.39. The lowest BCUT2D eigenvalue weighted by atomic mass is 10.1. The van der Waals surface area contributed by atoms with Crippen LogP contribution in [0.15, 0.2) is 42.1 Å². The minimum atomic E-state index is -4.26. The van der Waals surface area contributed by atoms with Gasteiger partial charge in [0.05, 0.1) is 0 Å². The van der Waals surface area contributed by atoms with E-state index in [1.165, 1.54) is 11.0 Å². The first kappa shape index (κ1) is 14.0. The maximum absolute atomic E-state index is 13.1. The van der Waals surface area contributed by atoms with Crippen LogP contribution in [0.1, 0.15) is 24.8 Å². The van der Waals surface area contributed by atoms with Gasteiger partial charge in [0.2, 0.25) is 0 Å². The van der Waals surface area contributed by atoms with Crippen molar-refractivity contribution in [2.24, 2.45) is 0 Å². The molecule has 0 aromatic heterocycles. The zero-order chi connectivity index (χ0) is 13.7. The van der Waals surface area contributed by atoms with Crippen molar-refractivity contribution in [1.82, 2.24) is 4.90 Å². The largest absolute Gasteiger partial charge is 0.430 e. The van der Waals surface area contributed by atoms with Gasteiger partial charge in [-0.15, -0.1) is 0 Å². The van der Waals surface area contributed by atoms with Crippen LogP contribution in [0.3, 0.4) is 0 Å². The van der Waals surface area contributed by atoms with Crippen LogP contribution < -0.4 is 0 Å². The van der Waals surface area contributed by atoms with Gasteiger partial charge in [-0.3, -0.25) is 0 Å². The molecular formula is C15H18F3N. The smallest absolute Gasteiger partial charge is 0.368 e. The maximum Gasteiger partial charge on any atom is 0.430 e. The van der Waals surface area contributed by atoms with Crippen LogP contribution in [0.25, 0.3) is 0 Å². The standard InChI is InChI=1S/C15H18F3N/c16-15(17,18)14(19-11-5-2-6-12-19)10-9-13-7-3-1-4-8-13/h1,3-4,7-8,10H,2,5-6,9,11-12H2/b14-10-. The van der Waals surface area contributed by atoms with Crippen molar-refractivity contribution < 1.29 is 13.2 Å². The Morgan fingerprint density at radius 2 is 1.68 bits per heavy atom. The van der Waals surface area contributed by atoms with E-state index in [1.807, 2.05) is 30.3 Å². The van der Waals surface area contributed by atoms with Crippen LogP contribution in [0.2, 0.25) is 0 Å². The van der Waals surface area contributed by atoms with Gasteiger partial charge in [0, 0.05) is 13.1 Å². The molecule has 1 nitrogen and oxygen atoms in total. The normalized spacial score (nSPS) is 17.6. The third-order valence-corrected chi connectivity index (χ3v) is 3.36. The average Bonchev–Trinajstić information content (AvgIpc) is 2.40. The summed E-state index contributed by atoms with van der Waals surface area (Å²) >= 11 is 0. The average molecular weight is 269 g/mol. The number of nitrogens with zero attached hydrogens (tertiary/aromatic N) is 1. The number of piperidine rings is 1. The minimum absolute atomic E-state index is 0.326. The molecule has 1 aliphatic rings. The van der Waals surface area contributed by atoms with Crippen molar-refractivity contribution in [3.8, 4) is 0 Å². The van der Waals surface area contributed by atoms with Crippen molar-refractivity contribution >= 4 is 0 Å². The molecule has 0 bridgehead atoms. The number of hydrogen-bond donors (Lipinski definition) is 0. The quantitative estimate of drug-likeness (QED) is 0.796. The summed E-state index contributed by atoms with van der Waals surface area (Å²) in [4.78, 5) is 1.48. The Kier molecular flexibility index (Phi) is 4.51. The van der Waals surface area contributed by atoms with Crippen LogP contribution >= 0.6 is 0 Å². The summed E-state index contributed by atoms with van der Waals surface area (Å²) < 4.78 is 39.3. The van der Waals surface area contributed by atoms with Gasteiger partial charge in [-0.1, -0.05) is 36.4 Å². The summed E-state index contributed by atoms with van der Waals surface area (Å²) in [6.07, 6.45) is 0.108. The van der Waals surface area contributed by atoms with Gasteiger partial charge in [0.25, 0.3) is 0 Å². The second-order valence-corrected chi connectivity index (χ2v) is 4.82. The van der Waals surface area contributed by atoms with Crippen molar-refractivity contribution in [3.05, 3.63) is 47.7 Å². The molecule has 0 unspecified atom stereocenters. The third-order valence-electron chi connectivity index (χ3n) is 3.36. The Bertz CT molecular complexity index is 417.